The van der Waals surface area contributed by atoms with Crippen LogP contribution in [0.25, 0.3) is 5.70 Å². The van der Waals surface area contributed by atoms with Crippen molar-refractivity contribution in [3.8, 4) is 0 Å². The molecule has 11 rings (SSSR count). The van der Waals surface area contributed by atoms with E-state index in [1.165, 1.54) is 128 Å². The van der Waals surface area contributed by atoms with Gasteiger partial charge in [-0.3, -0.25) is 0 Å². The van der Waals surface area contributed by atoms with E-state index in [9.17, 15) is 0 Å². The molecule has 2 heterocycles. The smallest absolute Gasteiger partial charge is 0.247 e. The van der Waals surface area contributed by atoms with Gasteiger partial charge < -0.3 is 9.80 Å². The normalized spacial score (nSPS) is 21.9. The lowest BCUT2D eigenvalue weighted by Crippen LogP contribution is -2.56. The molecule has 0 saturated heterocycles. The van der Waals surface area contributed by atoms with E-state index >= 15 is 0 Å². The second-order valence-electron chi connectivity index (χ2n) is 27.2. The number of rotatable bonds is 2. The van der Waals surface area contributed by atoms with E-state index in [2.05, 4.69) is 200 Å². The maximum absolute atomic E-state index is 2.77. The van der Waals surface area contributed by atoms with Crippen molar-refractivity contribution in [2.24, 2.45) is 0 Å². The number of allylic oxidation sites excluding steroid dienone is 1. The van der Waals surface area contributed by atoms with E-state index in [0.717, 1.165) is 6.42 Å². The molecule has 0 atom stereocenters. The Kier molecular flexibility index (Phi) is 9.08. The first kappa shape index (κ1) is 44.0. The minimum atomic E-state index is 0.0675. The van der Waals surface area contributed by atoms with Gasteiger partial charge in [-0.1, -0.05) is 140 Å². The largest absolute Gasteiger partial charge is 0.311 e. The van der Waals surface area contributed by atoms with Crippen molar-refractivity contribution in [3.63, 3.8) is 0 Å². The third-order valence-electron chi connectivity index (χ3n) is 18.6. The number of hydrogen-bond acceptors (Lipinski definition) is 2. The average Bonchev–Trinajstić information content (AvgIpc) is 3.60. The van der Waals surface area contributed by atoms with Gasteiger partial charge in [0, 0.05) is 39.7 Å². The predicted octanol–water partition coefficient (Wildman–Crippen LogP) is 15.7. The molecule has 0 radical (unpaired) electrons. The molecular formula is C63H77BN2. The molecule has 342 valence electrons. The lowest BCUT2D eigenvalue weighted by atomic mass is 9.32. The molecule has 0 saturated carbocycles. The summed E-state index contributed by atoms with van der Waals surface area (Å²) in [5.74, 6) is 0. The number of fused-ring (bicyclic) bond motifs is 8. The van der Waals surface area contributed by atoms with E-state index in [1.807, 2.05) is 0 Å². The van der Waals surface area contributed by atoms with Gasteiger partial charge in [-0.05, 0) is 206 Å². The third-order valence-corrected chi connectivity index (χ3v) is 18.6. The zero-order valence-corrected chi connectivity index (χ0v) is 43.8. The Hall–Kier alpha value is -4.50. The summed E-state index contributed by atoms with van der Waals surface area (Å²) in [5, 5.41) is 0. The quantitative estimate of drug-likeness (QED) is 0.163. The van der Waals surface area contributed by atoms with Gasteiger partial charge in [0.25, 0.3) is 0 Å². The van der Waals surface area contributed by atoms with Crippen LogP contribution in [0.4, 0.5) is 28.4 Å². The zero-order chi connectivity index (χ0) is 47.2. The molecule has 0 bridgehead atoms. The molecule has 0 spiro atoms. The molecular weight excluding hydrogens is 796 g/mol. The minimum absolute atomic E-state index is 0.0675. The summed E-state index contributed by atoms with van der Waals surface area (Å²) in [6.07, 6.45) is 8.21. The van der Waals surface area contributed by atoms with Crippen molar-refractivity contribution in [1.29, 1.82) is 0 Å². The Morgan fingerprint density at radius 3 is 1.42 bits per heavy atom. The summed E-state index contributed by atoms with van der Waals surface area (Å²) in [6, 6.07) is 30.8. The fourth-order valence-corrected chi connectivity index (χ4v) is 13.8. The zero-order valence-electron chi connectivity index (χ0n) is 43.8. The maximum atomic E-state index is 2.77. The van der Waals surface area contributed by atoms with Crippen LogP contribution in [0.5, 0.6) is 0 Å². The van der Waals surface area contributed by atoms with Crippen LogP contribution >= 0.6 is 0 Å². The number of hydrogen-bond donors (Lipinski definition) is 0. The van der Waals surface area contributed by atoms with Crippen molar-refractivity contribution in [2.75, 3.05) is 9.80 Å². The van der Waals surface area contributed by atoms with E-state index in [0.29, 0.717) is 0 Å². The number of anilines is 5. The monoisotopic (exact) mass is 873 g/mol. The average molecular weight is 873 g/mol. The highest BCUT2D eigenvalue weighted by Crippen LogP contribution is 2.57. The highest BCUT2D eigenvalue weighted by atomic mass is 15.2. The summed E-state index contributed by atoms with van der Waals surface area (Å²) in [6.45, 7) is 41.8. The molecule has 0 unspecified atom stereocenters. The Morgan fingerprint density at radius 1 is 0.470 bits per heavy atom. The second-order valence-corrected chi connectivity index (χ2v) is 27.2. The van der Waals surface area contributed by atoms with E-state index < -0.39 is 0 Å². The highest BCUT2D eigenvalue weighted by Gasteiger charge is 2.51. The number of benzene rings is 5. The first-order valence-electron chi connectivity index (χ1n) is 25.7. The highest BCUT2D eigenvalue weighted by molar-refractivity contribution is 6.96. The second kappa shape index (κ2) is 13.6. The van der Waals surface area contributed by atoms with Crippen molar-refractivity contribution in [3.05, 3.63) is 139 Å². The molecule has 6 aliphatic rings. The molecule has 0 N–H and O–H groups in total. The number of aryl methyl sites for hydroxylation is 2. The molecule has 5 aromatic carbocycles. The van der Waals surface area contributed by atoms with E-state index in [1.54, 1.807) is 22.2 Å². The van der Waals surface area contributed by atoms with Crippen LogP contribution in [-0.4, -0.2) is 6.71 Å². The van der Waals surface area contributed by atoms with Crippen LogP contribution in [0.2, 0.25) is 0 Å². The maximum Gasteiger partial charge on any atom is 0.247 e. The van der Waals surface area contributed by atoms with Crippen molar-refractivity contribution in [1.82, 2.24) is 0 Å². The lowest BCUT2D eigenvalue weighted by molar-refractivity contribution is 0.331. The Labute approximate surface area is 399 Å². The van der Waals surface area contributed by atoms with Crippen LogP contribution in [0.1, 0.15) is 204 Å². The first-order valence-corrected chi connectivity index (χ1v) is 25.7. The molecule has 0 fully saturated rings. The van der Waals surface area contributed by atoms with E-state index in [-0.39, 0.29) is 44.6 Å². The molecule has 3 heteroatoms. The van der Waals surface area contributed by atoms with Crippen LogP contribution < -0.4 is 20.7 Å². The SMILES string of the molecule is Cc1cc2c3c(c1)N(c1cc4c(cc1C)C(C)(C)CCC4(C)C)c1cc4c(cc1B3C1=C(c3cc5c(cc3C1)C(C)(C)CCC5(C)C)N2c1ccc(C(C)(C)C)cc1)C(C)(C)CCC4(C)C. The van der Waals surface area contributed by atoms with Gasteiger partial charge in [0.2, 0.25) is 6.71 Å². The van der Waals surface area contributed by atoms with Gasteiger partial charge in [-0.25, -0.2) is 0 Å². The molecule has 5 aromatic rings. The first-order chi connectivity index (χ1) is 30.6. The Morgan fingerprint density at radius 2 is 0.909 bits per heavy atom. The minimum Gasteiger partial charge on any atom is -0.311 e. The fraction of sp³-hybridized carbons (Fsp3) is 0.492. The van der Waals surface area contributed by atoms with Gasteiger partial charge in [0.15, 0.2) is 0 Å². The fourth-order valence-electron chi connectivity index (χ4n) is 13.8. The van der Waals surface area contributed by atoms with Crippen molar-refractivity contribution >= 4 is 51.8 Å². The van der Waals surface area contributed by atoms with Gasteiger partial charge in [0.1, 0.15) is 0 Å². The van der Waals surface area contributed by atoms with Gasteiger partial charge in [-0.15, -0.1) is 0 Å². The summed E-state index contributed by atoms with van der Waals surface area (Å²) in [7, 11) is 0. The lowest BCUT2D eigenvalue weighted by Gasteiger charge is -2.48. The van der Waals surface area contributed by atoms with Crippen LogP contribution in [-0.2, 0) is 44.3 Å². The standard InChI is InChI=1S/C63H77BN2/c1-37-28-53-55-54(29-37)66(51-35-47-43(30-38(51)2)58(6,7)22-26-62(47,14)15)52-36-48-46(61(12,13)25-27-63(48,16)17)34-49(52)64(55)50-32-39-31-44-45(60(10,11)24-23-59(44,8)9)33-42(39)56(50)65(53)41-20-18-40(19-21-41)57(3,4)5/h18-21,28-31,33-36H,22-27,32H2,1-17H3. The summed E-state index contributed by atoms with van der Waals surface area (Å²) >= 11 is 0. The van der Waals surface area contributed by atoms with Crippen LogP contribution in [0, 0.1) is 13.8 Å². The summed E-state index contributed by atoms with van der Waals surface area (Å²) < 4.78 is 0. The van der Waals surface area contributed by atoms with Crippen LogP contribution in [0.3, 0.4) is 0 Å². The van der Waals surface area contributed by atoms with Gasteiger partial charge in [-0.2, -0.15) is 0 Å². The topological polar surface area (TPSA) is 6.48 Å². The van der Waals surface area contributed by atoms with Gasteiger partial charge >= 0.3 is 0 Å². The van der Waals surface area contributed by atoms with Gasteiger partial charge in [0.05, 0.1) is 0 Å². The summed E-state index contributed by atoms with van der Waals surface area (Å²) in [5.41, 5.74) is 29.6. The number of nitrogens with zero attached hydrogens (tertiary/aromatic N) is 2. The van der Waals surface area contributed by atoms with Crippen molar-refractivity contribution < 1.29 is 0 Å². The van der Waals surface area contributed by atoms with E-state index in [4.69, 9.17) is 0 Å². The van der Waals surface area contributed by atoms with Crippen molar-refractivity contribution in [2.45, 2.75) is 201 Å². The molecule has 4 aliphatic carbocycles. The predicted molar refractivity (Wildman–Crippen MR) is 286 cm³/mol. The Bertz CT molecular complexity index is 2960. The Balaban J connectivity index is 1.25. The third kappa shape index (κ3) is 6.25. The van der Waals surface area contributed by atoms with Crippen LogP contribution in [0.15, 0.2) is 78.3 Å². The molecule has 2 aliphatic heterocycles. The summed E-state index contributed by atoms with van der Waals surface area (Å²) in [4.78, 5) is 5.49. The molecule has 66 heavy (non-hydrogen) atoms. The molecule has 2 nitrogen and oxygen atoms in total. The molecule has 0 aromatic heterocycles. The molecule has 0 amide bonds.